The Morgan fingerprint density at radius 1 is 1.40 bits per heavy atom. The van der Waals surface area contributed by atoms with E-state index in [9.17, 15) is 8.42 Å². The fourth-order valence-corrected chi connectivity index (χ4v) is 5.05. The van der Waals surface area contributed by atoms with Crippen molar-refractivity contribution >= 4 is 15.8 Å². The first-order chi connectivity index (χ1) is 9.46. The Hall–Kier alpha value is -1.14. The Kier molecular flexibility index (Phi) is 3.46. The van der Waals surface area contributed by atoms with Gasteiger partial charge in [-0.1, -0.05) is 6.42 Å². The largest absolute Gasteiger partial charge is 0.384 e. The van der Waals surface area contributed by atoms with Gasteiger partial charge in [0.15, 0.2) is 0 Å². The molecule has 20 heavy (non-hydrogen) atoms. The molecule has 1 aromatic heterocycles. The highest BCUT2D eigenvalue weighted by Crippen LogP contribution is 2.48. The minimum Gasteiger partial charge on any atom is -0.384 e. The molecule has 2 fully saturated rings. The van der Waals surface area contributed by atoms with Crippen LogP contribution in [0.3, 0.4) is 0 Å². The summed E-state index contributed by atoms with van der Waals surface area (Å²) in [6.07, 6.45) is 6.52. The predicted molar refractivity (Wildman–Crippen MR) is 77.4 cm³/mol. The molecule has 2 aliphatic rings. The number of hydrogen-bond acceptors (Lipinski definition) is 4. The summed E-state index contributed by atoms with van der Waals surface area (Å²) in [6, 6.07) is 2.93. The van der Waals surface area contributed by atoms with Gasteiger partial charge in [0.2, 0.25) is 10.0 Å². The molecular weight excluding hydrogens is 274 g/mol. The smallest absolute Gasteiger partial charge is 0.243 e. The predicted octanol–water partition coefficient (Wildman–Crippen LogP) is 1.72. The second-order valence-electron chi connectivity index (χ2n) is 6.14. The van der Waals surface area contributed by atoms with Gasteiger partial charge in [0, 0.05) is 25.9 Å². The second-order valence-corrected chi connectivity index (χ2v) is 8.18. The monoisotopic (exact) mass is 295 g/mol. The number of pyridine rings is 1. The van der Waals surface area contributed by atoms with Gasteiger partial charge in [0.1, 0.15) is 5.82 Å². The summed E-state index contributed by atoms with van der Waals surface area (Å²) in [5.41, 5.74) is 5.57. The summed E-state index contributed by atoms with van der Waals surface area (Å²) < 4.78 is 26.5. The molecule has 3 unspecified atom stereocenters. The van der Waals surface area contributed by atoms with Crippen LogP contribution in [0.1, 0.15) is 25.7 Å². The number of aromatic nitrogens is 1. The van der Waals surface area contributed by atoms with Gasteiger partial charge >= 0.3 is 0 Å². The number of nitrogen functional groups attached to an aromatic ring is 1. The summed E-state index contributed by atoms with van der Waals surface area (Å²) in [4.78, 5) is 4.07. The molecule has 0 radical (unpaired) electrons. The number of anilines is 1. The van der Waals surface area contributed by atoms with Crippen LogP contribution in [0.5, 0.6) is 0 Å². The lowest BCUT2D eigenvalue weighted by Gasteiger charge is -2.26. The Labute approximate surface area is 120 Å². The van der Waals surface area contributed by atoms with Crippen molar-refractivity contribution in [3.05, 3.63) is 18.3 Å². The van der Waals surface area contributed by atoms with Gasteiger partial charge in [-0.05, 0) is 43.1 Å². The maximum Gasteiger partial charge on any atom is 0.243 e. The van der Waals surface area contributed by atoms with Gasteiger partial charge in [0.25, 0.3) is 0 Å². The molecule has 5 nitrogen and oxygen atoms in total. The summed E-state index contributed by atoms with van der Waals surface area (Å²) in [6.45, 7) is 0.617. The van der Waals surface area contributed by atoms with E-state index in [2.05, 4.69) is 4.98 Å². The third kappa shape index (κ3) is 2.42. The molecule has 2 saturated carbocycles. The molecule has 0 aromatic carbocycles. The zero-order valence-electron chi connectivity index (χ0n) is 11.7. The number of fused-ring (bicyclic) bond motifs is 2. The van der Waals surface area contributed by atoms with Crippen LogP contribution in [0.2, 0.25) is 0 Å². The first kappa shape index (κ1) is 13.8. The van der Waals surface area contributed by atoms with Crippen LogP contribution < -0.4 is 5.73 Å². The van der Waals surface area contributed by atoms with Crippen molar-refractivity contribution in [3.8, 4) is 0 Å². The average molecular weight is 295 g/mol. The number of nitrogens with zero attached hydrogens (tertiary/aromatic N) is 2. The SMILES string of the molecule is CN(CC1CC2CCC1C2)S(=O)(=O)c1ccnc(N)c1. The maximum atomic E-state index is 12.5. The van der Waals surface area contributed by atoms with E-state index in [0.29, 0.717) is 12.5 Å². The van der Waals surface area contributed by atoms with Crippen LogP contribution in [0.4, 0.5) is 5.82 Å². The van der Waals surface area contributed by atoms with Crippen molar-refractivity contribution in [1.82, 2.24) is 9.29 Å². The summed E-state index contributed by atoms with van der Waals surface area (Å²) >= 11 is 0. The van der Waals surface area contributed by atoms with Gasteiger partial charge in [-0.25, -0.2) is 17.7 Å². The molecule has 3 atom stereocenters. The van der Waals surface area contributed by atoms with E-state index in [-0.39, 0.29) is 10.7 Å². The van der Waals surface area contributed by atoms with E-state index < -0.39 is 10.0 Å². The zero-order chi connectivity index (χ0) is 14.3. The van der Waals surface area contributed by atoms with Crippen LogP contribution in [-0.2, 0) is 10.0 Å². The van der Waals surface area contributed by atoms with Crippen molar-refractivity contribution in [2.24, 2.45) is 17.8 Å². The van der Waals surface area contributed by atoms with Gasteiger partial charge in [-0.3, -0.25) is 0 Å². The molecule has 2 aliphatic carbocycles. The number of rotatable bonds is 4. The van der Waals surface area contributed by atoms with Crippen molar-refractivity contribution in [1.29, 1.82) is 0 Å². The van der Waals surface area contributed by atoms with Crippen LogP contribution in [0, 0.1) is 17.8 Å². The van der Waals surface area contributed by atoms with Crippen LogP contribution in [0.15, 0.2) is 23.2 Å². The number of sulfonamides is 1. The topological polar surface area (TPSA) is 76.3 Å². The first-order valence-electron chi connectivity index (χ1n) is 7.14. The highest BCUT2D eigenvalue weighted by Gasteiger charge is 2.40. The zero-order valence-corrected chi connectivity index (χ0v) is 12.5. The molecular formula is C14H21N3O2S. The third-order valence-electron chi connectivity index (χ3n) is 4.84. The van der Waals surface area contributed by atoms with Crippen molar-refractivity contribution < 1.29 is 8.42 Å². The molecule has 0 saturated heterocycles. The highest BCUT2D eigenvalue weighted by atomic mass is 32.2. The first-order valence-corrected chi connectivity index (χ1v) is 8.58. The Balaban J connectivity index is 1.74. The minimum absolute atomic E-state index is 0.232. The van der Waals surface area contributed by atoms with Gasteiger partial charge in [0.05, 0.1) is 4.90 Å². The molecule has 3 rings (SSSR count). The van der Waals surface area contributed by atoms with E-state index in [1.165, 1.54) is 48.3 Å². The van der Waals surface area contributed by atoms with E-state index in [0.717, 1.165) is 11.8 Å². The lowest BCUT2D eigenvalue weighted by atomic mass is 9.89. The molecule has 1 heterocycles. The molecule has 0 aliphatic heterocycles. The van der Waals surface area contributed by atoms with Crippen molar-refractivity contribution in [2.75, 3.05) is 19.3 Å². The molecule has 1 aromatic rings. The standard InChI is InChI=1S/C14H21N3O2S/c1-17(9-12-7-10-2-3-11(12)6-10)20(18,19)13-4-5-16-14(15)8-13/h4-5,8,10-12H,2-3,6-7,9H2,1H3,(H2,15,16). The maximum absolute atomic E-state index is 12.5. The van der Waals surface area contributed by atoms with E-state index >= 15 is 0 Å². The molecule has 2 N–H and O–H groups in total. The summed E-state index contributed by atoms with van der Waals surface area (Å²) in [7, 11) is -1.79. The van der Waals surface area contributed by atoms with Gasteiger partial charge in [-0.2, -0.15) is 0 Å². The van der Waals surface area contributed by atoms with Gasteiger partial charge in [-0.15, -0.1) is 0 Å². The van der Waals surface area contributed by atoms with E-state index in [4.69, 9.17) is 5.73 Å². The molecule has 6 heteroatoms. The highest BCUT2D eigenvalue weighted by molar-refractivity contribution is 7.89. The Morgan fingerprint density at radius 2 is 2.20 bits per heavy atom. The second kappa shape index (κ2) is 5.00. The average Bonchev–Trinajstić information content (AvgIpc) is 3.01. The molecule has 0 amide bonds. The molecule has 110 valence electrons. The van der Waals surface area contributed by atoms with Crippen molar-refractivity contribution in [2.45, 2.75) is 30.6 Å². The lowest BCUT2D eigenvalue weighted by molar-refractivity contribution is 0.280. The fourth-order valence-electron chi connectivity index (χ4n) is 3.80. The van der Waals surface area contributed by atoms with Crippen LogP contribution >= 0.6 is 0 Å². The van der Waals surface area contributed by atoms with E-state index in [1.807, 2.05) is 0 Å². The number of hydrogen-bond donors (Lipinski definition) is 1. The molecule has 2 bridgehead atoms. The summed E-state index contributed by atoms with van der Waals surface area (Å²) in [5.74, 6) is 2.31. The molecule has 0 spiro atoms. The lowest BCUT2D eigenvalue weighted by Crippen LogP contribution is -2.33. The normalized spacial score (nSPS) is 29.2. The third-order valence-corrected chi connectivity index (χ3v) is 6.66. The Bertz CT molecular complexity index is 602. The quantitative estimate of drug-likeness (QED) is 0.917. The number of nitrogens with two attached hydrogens (primary N) is 1. The fraction of sp³-hybridized carbons (Fsp3) is 0.643. The van der Waals surface area contributed by atoms with E-state index in [1.54, 1.807) is 7.05 Å². The summed E-state index contributed by atoms with van der Waals surface area (Å²) in [5, 5.41) is 0. The minimum atomic E-state index is -3.45. The van der Waals surface area contributed by atoms with Gasteiger partial charge < -0.3 is 5.73 Å². The van der Waals surface area contributed by atoms with Crippen molar-refractivity contribution in [3.63, 3.8) is 0 Å². The Morgan fingerprint density at radius 3 is 2.80 bits per heavy atom. The van der Waals surface area contributed by atoms with Crippen LogP contribution in [0.25, 0.3) is 0 Å². The van der Waals surface area contributed by atoms with Crippen LogP contribution in [-0.4, -0.2) is 31.3 Å².